The molecule has 0 bridgehead atoms. The van der Waals surface area contributed by atoms with Gasteiger partial charge in [0, 0.05) is 19.5 Å². The molecule has 6 heteroatoms. The average Bonchev–Trinajstić information content (AvgIpc) is 3.15. The zero-order valence-corrected chi connectivity index (χ0v) is 24.7. The average molecular weight is 519 g/mol. The van der Waals surface area contributed by atoms with E-state index >= 15 is 0 Å². The molecule has 2 N–H and O–H groups in total. The number of alkyl carbamates (subject to hydrolysis) is 1. The number of nitrogens with one attached hydrogen (secondary N) is 2. The van der Waals surface area contributed by atoms with Crippen molar-refractivity contribution in [3.05, 3.63) is 0 Å². The van der Waals surface area contributed by atoms with Gasteiger partial charge in [-0.25, -0.2) is 4.79 Å². The van der Waals surface area contributed by atoms with Crippen molar-refractivity contribution in [1.82, 2.24) is 10.6 Å². The maximum atomic E-state index is 11.9. The summed E-state index contributed by atoms with van der Waals surface area (Å²) in [5, 5.41) is 6.70. The lowest BCUT2D eigenvalue weighted by Gasteiger charge is -2.61. The van der Waals surface area contributed by atoms with Gasteiger partial charge >= 0.3 is 12.1 Å². The summed E-state index contributed by atoms with van der Waals surface area (Å²) in [6.07, 6.45) is 12.2. The first kappa shape index (κ1) is 28.7. The molecule has 212 valence electrons. The van der Waals surface area contributed by atoms with Crippen LogP contribution in [0.25, 0.3) is 0 Å². The van der Waals surface area contributed by atoms with Crippen molar-refractivity contribution in [2.45, 2.75) is 130 Å². The second-order valence-corrected chi connectivity index (χ2v) is 14.4. The number of ether oxygens (including phenoxy) is 2. The highest BCUT2D eigenvalue weighted by atomic mass is 16.6. The Labute approximate surface area is 225 Å². The minimum absolute atomic E-state index is 0.116. The van der Waals surface area contributed by atoms with Gasteiger partial charge in [0.25, 0.3) is 0 Å². The smallest absolute Gasteiger partial charge is 0.407 e. The minimum Gasteiger partial charge on any atom is -0.463 e. The molecule has 0 saturated heterocycles. The Morgan fingerprint density at radius 1 is 0.946 bits per heavy atom. The number of hydrogen-bond acceptors (Lipinski definition) is 5. The van der Waals surface area contributed by atoms with Crippen molar-refractivity contribution in [2.24, 2.45) is 40.4 Å². The van der Waals surface area contributed by atoms with Gasteiger partial charge in [-0.1, -0.05) is 13.8 Å². The molecule has 0 heterocycles. The van der Waals surface area contributed by atoms with Gasteiger partial charge in [-0.3, -0.25) is 4.79 Å². The summed E-state index contributed by atoms with van der Waals surface area (Å²) in [6.45, 7) is 16.4. The second-order valence-electron chi connectivity index (χ2n) is 14.4. The Morgan fingerprint density at radius 3 is 2.35 bits per heavy atom. The van der Waals surface area contributed by atoms with E-state index in [0.29, 0.717) is 29.3 Å². The number of amides is 1. The Bertz CT molecular complexity index is 825. The highest BCUT2D eigenvalue weighted by Crippen LogP contribution is 2.67. The van der Waals surface area contributed by atoms with Gasteiger partial charge in [0.1, 0.15) is 11.7 Å². The van der Waals surface area contributed by atoms with Gasteiger partial charge in [-0.2, -0.15) is 0 Å². The lowest BCUT2D eigenvalue weighted by molar-refractivity contribution is -0.160. The summed E-state index contributed by atoms with van der Waals surface area (Å²) in [5.74, 6) is 3.86. The third kappa shape index (κ3) is 6.15. The molecule has 6 nitrogen and oxygen atoms in total. The predicted octanol–water partition coefficient (Wildman–Crippen LogP) is 6.47. The molecule has 9 unspecified atom stereocenters. The molecule has 4 saturated carbocycles. The first-order valence-electron chi connectivity index (χ1n) is 15.2. The maximum absolute atomic E-state index is 11.9. The number of hydrogen-bond donors (Lipinski definition) is 2. The van der Waals surface area contributed by atoms with Crippen LogP contribution in [-0.4, -0.2) is 42.9 Å². The first-order chi connectivity index (χ1) is 17.3. The fourth-order valence-electron chi connectivity index (χ4n) is 9.49. The van der Waals surface area contributed by atoms with Gasteiger partial charge in [-0.05, 0) is 139 Å². The quantitative estimate of drug-likeness (QED) is 0.298. The minimum atomic E-state index is -0.454. The Balaban J connectivity index is 1.29. The fourth-order valence-corrected chi connectivity index (χ4v) is 9.49. The number of esters is 1. The van der Waals surface area contributed by atoms with E-state index < -0.39 is 5.60 Å². The number of fused-ring (bicyclic) bond motifs is 5. The molecule has 1 amide bonds. The van der Waals surface area contributed by atoms with E-state index in [1.54, 1.807) is 6.92 Å². The zero-order chi connectivity index (χ0) is 27.0. The lowest BCUT2D eigenvalue weighted by atomic mass is 9.44. The Morgan fingerprint density at radius 2 is 1.65 bits per heavy atom. The van der Waals surface area contributed by atoms with Crippen LogP contribution in [0.1, 0.15) is 113 Å². The highest BCUT2D eigenvalue weighted by Gasteiger charge is 2.60. The summed E-state index contributed by atoms with van der Waals surface area (Å²) in [7, 11) is 0. The number of carbonyl (C=O) groups is 2. The molecule has 37 heavy (non-hydrogen) atoms. The van der Waals surface area contributed by atoms with E-state index in [2.05, 4.69) is 31.4 Å². The van der Waals surface area contributed by atoms with E-state index in [1.165, 1.54) is 44.9 Å². The summed E-state index contributed by atoms with van der Waals surface area (Å²) < 4.78 is 11.0. The Kier molecular flexibility index (Phi) is 8.58. The van der Waals surface area contributed by atoms with Crippen LogP contribution in [0.3, 0.4) is 0 Å². The van der Waals surface area contributed by atoms with Crippen LogP contribution in [0.15, 0.2) is 0 Å². The molecule has 0 aromatic heterocycles. The van der Waals surface area contributed by atoms with Crippen LogP contribution in [0.2, 0.25) is 0 Å². The number of carbonyl (C=O) groups excluding carboxylic acids is 2. The summed E-state index contributed by atoms with van der Waals surface area (Å²) in [4.78, 5) is 23.4. The van der Waals surface area contributed by atoms with E-state index in [1.807, 2.05) is 20.8 Å². The predicted molar refractivity (Wildman–Crippen MR) is 147 cm³/mol. The van der Waals surface area contributed by atoms with Crippen molar-refractivity contribution in [3.63, 3.8) is 0 Å². The molecule has 0 aromatic carbocycles. The van der Waals surface area contributed by atoms with Gasteiger partial charge in [-0.15, -0.1) is 0 Å². The largest absolute Gasteiger partial charge is 0.463 e. The van der Waals surface area contributed by atoms with Gasteiger partial charge in [0.15, 0.2) is 0 Å². The van der Waals surface area contributed by atoms with Crippen molar-refractivity contribution in [3.8, 4) is 0 Å². The molecule has 4 aliphatic carbocycles. The zero-order valence-electron chi connectivity index (χ0n) is 24.7. The van der Waals surface area contributed by atoms with Crippen molar-refractivity contribution >= 4 is 12.1 Å². The first-order valence-corrected chi connectivity index (χ1v) is 15.2. The summed E-state index contributed by atoms with van der Waals surface area (Å²) >= 11 is 0. The number of rotatable bonds is 7. The fraction of sp³-hybridized carbons (Fsp3) is 0.935. The van der Waals surface area contributed by atoms with Crippen molar-refractivity contribution < 1.29 is 19.1 Å². The molecule has 0 radical (unpaired) electrons. The Hall–Kier alpha value is -1.30. The molecule has 4 fully saturated rings. The van der Waals surface area contributed by atoms with E-state index in [9.17, 15) is 9.59 Å². The van der Waals surface area contributed by atoms with Gasteiger partial charge < -0.3 is 20.1 Å². The monoisotopic (exact) mass is 518 g/mol. The molecular formula is C31H54N2O4. The van der Waals surface area contributed by atoms with Gasteiger partial charge in [0.2, 0.25) is 0 Å². The van der Waals surface area contributed by atoms with Crippen molar-refractivity contribution in [2.75, 3.05) is 13.1 Å². The molecular weight excluding hydrogens is 464 g/mol. The van der Waals surface area contributed by atoms with Crippen LogP contribution < -0.4 is 10.6 Å². The van der Waals surface area contributed by atoms with Crippen LogP contribution in [-0.2, 0) is 14.3 Å². The highest BCUT2D eigenvalue weighted by molar-refractivity contribution is 5.67. The second kappa shape index (κ2) is 11.1. The molecule has 4 aliphatic rings. The summed E-state index contributed by atoms with van der Waals surface area (Å²) in [5.41, 5.74) is 0.398. The molecule has 4 rings (SSSR count). The lowest BCUT2D eigenvalue weighted by Crippen LogP contribution is -2.55. The van der Waals surface area contributed by atoms with E-state index in [4.69, 9.17) is 9.47 Å². The van der Waals surface area contributed by atoms with E-state index in [-0.39, 0.29) is 18.2 Å². The van der Waals surface area contributed by atoms with E-state index in [0.717, 1.165) is 49.5 Å². The standard InChI is InChI=1S/C31H54N2O4/c1-20(32-17-8-18-33-28(35)37-29(3,4)5)25-11-12-26-24-10-9-22-19-23(36-21(2)34)13-15-30(22,6)27(24)14-16-31(25,26)7/h20,22-27,32H,8-19H2,1-7H3,(H,33,35). The third-order valence-electron chi connectivity index (χ3n) is 11.1. The van der Waals surface area contributed by atoms with Crippen molar-refractivity contribution in [1.29, 1.82) is 0 Å². The molecule has 0 aliphatic heterocycles. The molecule has 9 atom stereocenters. The maximum Gasteiger partial charge on any atom is 0.407 e. The van der Waals surface area contributed by atoms with Crippen LogP contribution in [0.4, 0.5) is 4.79 Å². The van der Waals surface area contributed by atoms with Crippen LogP contribution >= 0.6 is 0 Å². The topological polar surface area (TPSA) is 76.7 Å². The molecule has 0 aromatic rings. The van der Waals surface area contributed by atoms with Crippen LogP contribution in [0.5, 0.6) is 0 Å². The molecule has 0 spiro atoms. The third-order valence-corrected chi connectivity index (χ3v) is 11.1. The summed E-state index contributed by atoms with van der Waals surface area (Å²) in [6, 6.07) is 0.499. The van der Waals surface area contributed by atoms with Gasteiger partial charge in [0.05, 0.1) is 0 Å². The normalized spacial score (nSPS) is 40.1. The van der Waals surface area contributed by atoms with Crippen LogP contribution in [0, 0.1) is 40.4 Å². The SMILES string of the molecule is CC(=O)OC1CCC2(C)C(CCC3C2CCC2(C)C(C(C)NCCCNC(=O)OC(C)(C)C)CCC32)C1.